The molecule has 0 saturated heterocycles. The molecule has 0 aliphatic rings. The van der Waals surface area contributed by atoms with E-state index in [1.165, 1.54) is 0 Å². The fraction of sp³-hybridized carbons (Fsp3) is 0.462. The maximum atomic E-state index is 11.5. The summed E-state index contributed by atoms with van der Waals surface area (Å²) in [6, 6.07) is 9.37. The molecule has 4 nitrogen and oxygen atoms in total. The summed E-state index contributed by atoms with van der Waals surface area (Å²) in [6.45, 7) is 1.98. The predicted octanol–water partition coefficient (Wildman–Crippen LogP) is 2.71. The van der Waals surface area contributed by atoms with E-state index >= 15 is 0 Å². The zero-order valence-corrected chi connectivity index (χ0v) is 12.3. The van der Waals surface area contributed by atoms with Crippen LogP contribution in [-0.4, -0.2) is 20.1 Å². The van der Waals surface area contributed by atoms with Gasteiger partial charge in [-0.05, 0) is 17.9 Å². The minimum absolute atomic E-state index is 0.124. The van der Waals surface area contributed by atoms with Gasteiger partial charge < -0.3 is 4.74 Å². The second-order valence-corrected chi connectivity index (χ2v) is 7.32. The highest BCUT2D eigenvalue weighted by molar-refractivity contribution is 8.13. The van der Waals surface area contributed by atoms with Crippen LogP contribution in [0, 0.1) is 5.92 Å². The van der Waals surface area contributed by atoms with Crippen LogP contribution < -0.4 is 0 Å². The summed E-state index contributed by atoms with van der Waals surface area (Å²) in [5.41, 5.74) is 0.923. The molecule has 0 aliphatic carbocycles. The SMILES string of the molecule is C[C@H](CCC(=O)OCc1ccccc1)CS(=O)(=O)Cl. The van der Waals surface area contributed by atoms with E-state index in [1.54, 1.807) is 6.92 Å². The topological polar surface area (TPSA) is 60.4 Å². The second-order valence-electron chi connectivity index (χ2n) is 4.50. The highest BCUT2D eigenvalue weighted by Gasteiger charge is 2.14. The third-order valence-corrected chi connectivity index (χ3v) is 3.91. The number of rotatable bonds is 7. The summed E-state index contributed by atoms with van der Waals surface area (Å²) in [7, 11) is 1.63. The minimum atomic E-state index is -3.51. The summed E-state index contributed by atoms with van der Waals surface area (Å²) >= 11 is 0. The lowest BCUT2D eigenvalue weighted by molar-refractivity contribution is -0.145. The molecule has 0 fully saturated rings. The maximum Gasteiger partial charge on any atom is 0.306 e. The van der Waals surface area contributed by atoms with E-state index in [4.69, 9.17) is 15.4 Å². The van der Waals surface area contributed by atoms with Crippen molar-refractivity contribution in [2.24, 2.45) is 5.92 Å². The smallest absolute Gasteiger partial charge is 0.306 e. The Labute approximate surface area is 118 Å². The van der Waals surface area contributed by atoms with Crippen molar-refractivity contribution in [3.8, 4) is 0 Å². The summed E-state index contributed by atoms with van der Waals surface area (Å²) < 4.78 is 26.8. The monoisotopic (exact) mass is 304 g/mol. The second kappa shape index (κ2) is 7.50. The van der Waals surface area contributed by atoms with Gasteiger partial charge in [0.1, 0.15) is 6.61 Å². The molecule has 1 aromatic carbocycles. The summed E-state index contributed by atoms with van der Waals surface area (Å²) in [6.07, 6.45) is 0.639. The number of hydrogen-bond acceptors (Lipinski definition) is 4. The maximum absolute atomic E-state index is 11.5. The first kappa shape index (κ1) is 16.0. The van der Waals surface area contributed by atoms with Gasteiger partial charge in [-0.2, -0.15) is 0 Å². The molecule has 1 atom stereocenters. The van der Waals surface area contributed by atoms with Crippen LogP contribution in [0.25, 0.3) is 0 Å². The molecule has 106 valence electrons. The van der Waals surface area contributed by atoms with Crippen molar-refractivity contribution in [1.82, 2.24) is 0 Å². The Balaban J connectivity index is 2.25. The lowest BCUT2D eigenvalue weighted by Crippen LogP contribution is -2.12. The van der Waals surface area contributed by atoms with Gasteiger partial charge in [0.05, 0.1) is 5.75 Å². The molecule has 0 bridgehead atoms. The van der Waals surface area contributed by atoms with Crippen molar-refractivity contribution in [2.75, 3.05) is 5.75 Å². The number of hydrogen-bond donors (Lipinski definition) is 0. The van der Waals surface area contributed by atoms with E-state index in [9.17, 15) is 13.2 Å². The molecule has 0 heterocycles. The fourth-order valence-corrected chi connectivity index (χ4v) is 3.09. The number of carbonyl (C=O) groups is 1. The molecule has 0 spiro atoms. The van der Waals surface area contributed by atoms with Gasteiger partial charge in [-0.1, -0.05) is 37.3 Å². The van der Waals surface area contributed by atoms with Crippen molar-refractivity contribution >= 4 is 25.7 Å². The Bertz CT molecular complexity index is 499. The summed E-state index contributed by atoms with van der Waals surface area (Å²) in [4.78, 5) is 11.5. The third kappa shape index (κ3) is 7.85. The summed E-state index contributed by atoms with van der Waals surface area (Å²) in [5, 5.41) is 0. The van der Waals surface area contributed by atoms with Gasteiger partial charge in [-0.25, -0.2) is 8.42 Å². The molecular formula is C13H17ClO4S. The van der Waals surface area contributed by atoms with Crippen molar-refractivity contribution in [3.05, 3.63) is 35.9 Å². The van der Waals surface area contributed by atoms with E-state index in [0.717, 1.165) is 5.56 Å². The van der Waals surface area contributed by atoms with Crippen LogP contribution in [0.3, 0.4) is 0 Å². The van der Waals surface area contributed by atoms with Gasteiger partial charge in [0.2, 0.25) is 9.05 Å². The largest absolute Gasteiger partial charge is 0.461 e. The molecule has 0 aromatic heterocycles. The summed E-state index contributed by atoms with van der Waals surface area (Å²) in [5.74, 6) is -0.616. The third-order valence-electron chi connectivity index (χ3n) is 2.57. The van der Waals surface area contributed by atoms with E-state index in [2.05, 4.69) is 0 Å². The molecule has 1 aromatic rings. The van der Waals surface area contributed by atoms with Crippen molar-refractivity contribution in [3.63, 3.8) is 0 Å². The predicted molar refractivity (Wildman–Crippen MR) is 74.3 cm³/mol. The average molecular weight is 305 g/mol. The van der Waals surface area contributed by atoms with Gasteiger partial charge >= 0.3 is 5.97 Å². The highest BCUT2D eigenvalue weighted by Crippen LogP contribution is 2.12. The number of carbonyl (C=O) groups excluding carboxylic acids is 1. The van der Waals surface area contributed by atoms with Gasteiger partial charge in [-0.15, -0.1) is 0 Å². The average Bonchev–Trinajstić information content (AvgIpc) is 2.33. The Kier molecular flexibility index (Phi) is 6.31. The van der Waals surface area contributed by atoms with Crippen LogP contribution in [0.5, 0.6) is 0 Å². The van der Waals surface area contributed by atoms with Gasteiger partial charge in [0.15, 0.2) is 0 Å². The van der Waals surface area contributed by atoms with Gasteiger partial charge in [0, 0.05) is 17.1 Å². The van der Waals surface area contributed by atoms with Gasteiger partial charge in [0.25, 0.3) is 0 Å². The Hall–Kier alpha value is -1.07. The molecule has 6 heteroatoms. The van der Waals surface area contributed by atoms with Crippen LogP contribution in [-0.2, 0) is 25.2 Å². The van der Waals surface area contributed by atoms with Crippen LogP contribution in [0.1, 0.15) is 25.3 Å². The van der Waals surface area contributed by atoms with Crippen LogP contribution in [0.15, 0.2) is 30.3 Å². The first-order valence-electron chi connectivity index (χ1n) is 5.98. The van der Waals surface area contributed by atoms with Crippen molar-refractivity contribution in [2.45, 2.75) is 26.4 Å². The van der Waals surface area contributed by atoms with Crippen molar-refractivity contribution in [1.29, 1.82) is 0 Å². The quantitative estimate of drug-likeness (QED) is 0.574. The molecular weight excluding hydrogens is 288 g/mol. The molecule has 0 amide bonds. The lowest BCUT2D eigenvalue weighted by Gasteiger charge is -2.09. The first-order chi connectivity index (χ1) is 8.87. The Morgan fingerprint density at radius 1 is 1.32 bits per heavy atom. The Morgan fingerprint density at radius 3 is 2.53 bits per heavy atom. The molecule has 0 radical (unpaired) electrons. The van der Waals surface area contributed by atoms with E-state index in [0.29, 0.717) is 6.42 Å². The van der Waals surface area contributed by atoms with E-state index in [-0.39, 0.29) is 30.7 Å². The van der Waals surface area contributed by atoms with E-state index < -0.39 is 9.05 Å². The zero-order valence-electron chi connectivity index (χ0n) is 10.7. The van der Waals surface area contributed by atoms with Crippen LogP contribution in [0.4, 0.5) is 0 Å². The number of halogens is 1. The zero-order chi connectivity index (χ0) is 14.3. The standard InChI is InChI=1S/C13H17ClO4S/c1-11(10-19(14,16)17)7-8-13(15)18-9-12-5-3-2-4-6-12/h2-6,11H,7-10H2,1H3/t11-/m1/s1. The van der Waals surface area contributed by atoms with E-state index in [1.807, 2.05) is 30.3 Å². The molecule has 0 aliphatic heterocycles. The molecule has 0 saturated carbocycles. The minimum Gasteiger partial charge on any atom is -0.461 e. The normalized spacial score (nSPS) is 12.9. The number of ether oxygens (including phenoxy) is 1. The number of esters is 1. The highest BCUT2D eigenvalue weighted by atomic mass is 35.7. The lowest BCUT2D eigenvalue weighted by atomic mass is 10.1. The first-order valence-corrected chi connectivity index (χ1v) is 8.46. The Morgan fingerprint density at radius 2 is 1.95 bits per heavy atom. The van der Waals surface area contributed by atoms with Crippen LogP contribution in [0.2, 0.25) is 0 Å². The molecule has 0 N–H and O–H groups in total. The molecule has 1 rings (SSSR count). The molecule has 0 unspecified atom stereocenters. The van der Waals surface area contributed by atoms with Crippen molar-refractivity contribution < 1.29 is 17.9 Å². The number of benzene rings is 1. The molecule has 19 heavy (non-hydrogen) atoms. The van der Waals surface area contributed by atoms with Crippen LogP contribution >= 0.6 is 10.7 Å². The fourth-order valence-electron chi connectivity index (χ4n) is 1.60. The van der Waals surface area contributed by atoms with Gasteiger partial charge in [-0.3, -0.25) is 4.79 Å².